The maximum atomic E-state index is 11.9. The minimum Gasteiger partial charge on any atom is -0.481 e. The van der Waals surface area contributed by atoms with Crippen LogP contribution < -0.4 is 15.4 Å². The standard InChI is InChI=1S/C16H21ClN2O4/c1-11(20)3-8-15(21)18-9-10-19-16(22)12(2)23-14-6-4-13(17)5-7-14/h4-7,12H,3,8-10H2,1-2H3,(H,18,21)(H,19,22). The number of Topliss-reactive ketones (excluding diaryl/α,β-unsaturated/α-hetero) is 1. The maximum Gasteiger partial charge on any atom is 0.260 e. The third-order valence-corrected chi connectivity index (χ3v) is 3.20. The second kappa shape index (κ2) is 9.84. The highest BCUT2D eigenvalue weighted by Gasteiger charge is 2.14. The summed E-state index contributed by atoms with van der Waals surface area (Å²) in [7, 11) is 0. The number of nitrogens with one attached hydrogen (secondary N) is 2. The Morgan fingerprint density at radius 1 is 1.09 bits per heavy atom. The molecule has 7 heteroatoms. The van der Waals surface area contributed by atoms with E-state index in [0.717, 1.165) is 0 Å². The second-order valence-electron chi connectivity index (χ2n) is 5.06. The lowest BCUT2D eigenvalue weighted by Gasteiger charge is -2.15. The lowest BCUT2D eigenvalue weighted by atomic mass is 10.2. The molecule has 2 amide bonds. The first-order valence-electron chi connectivity index (χ1n) is 7.34. The van der Waals surface area contributed by atoms with Crippen LogP contribution in [0.15, 0.2) is 24.3 Å². The van der Waals surface area contributed by atoms with Crippen LogP contribution in [0, 0.1) is 0 Å². The first-order valence-corrected chi connectivity index (χ1v) is 7.72. The molecule has 0 radical (unpaired) electrons. The fraction of sp³-hybridized carbons (Fsp3) is 0.438. The van der Waals surface area contributed by atoms with Crippen molar-refractivity contribution in [3.63, 3.8) is 0 Å². The van der Waals surface area contributed by atoms with Crippen molar-refractivity contribution in [1.29, 1.82) is 0 Å². The Hall–Kier alpha value is -2.08. The predicted molar refractivity (Wildman–Crippen MR) is 87.5 cm³/mol. The van der Waals surface area contributed by atoms with E-state index in [4.69, 9.17) is 16.3 Å². The van der Waals surface area contributed by atoms with Crippen LogP contribution in [0.2, 0.25) is 5.02 Å². The zero-order valence-electron chi connectivity index (χ0n) is 13.2. The highest BCUT2D eigenvalue weighted by Crippen LogP contribution is 2.16. The Morgan fingerprint density at radius 3 is 2.30 bits per heavy atom. The molecule has 0 fully saturated rings. The van der Waals surface area contributed by atoms with Gasteiger partial charge in [-0.25, -0.2) is 0 Å². The van der Waals surface area contributed by atoms with Crippen LogP contribution in [0.5, 0.6) is 5.75 Å². The molecule has 0 saturated heterocycles. The molecule has 1 unspecified atom stereocenters. The van der Waals surface area contributed by atoms with Crippen molar-refractivity contribution in [3.05, 3.63) is 29.3 Å². The van der Waals surface area contributed by atoms with Crippen molar-refractivity contribution in [3.8, 4) is 5.75 Å². The van der Waals surface area contributed by atoms with Gasteiger partial charge in [-0.3, -0.25) is 9.59 Å². The van der Waals surface area contributed by atoms with Gasteiger partial charge < -0.3 is 20.2 Å². The molecule has 0 aliphatic heterocycles. The summed E-state index contributed by atoms with van der Waals surface area (Å²) in [5, 5.41) is 5.88. The molecule has 0 aromatic heterocycles. The van der Waals surface area contributed by atoms with E-state index >= 15 is 0 Å². The highest BCUT2D eigenvalue weighted by atomic mass is 35.5. The van der Waals surface area contributed by atoms with Gasteiger partial charge in [-0.15, -0.1) is 0 Å². The number of amides is 2. The van der Waals surface area contributed by atoms with E-state index in [-0.39, 0.29) is 30.4 Å². The fourth-order valence-corrected chi connectivity index (χ4v) is 1.81. The Kier molecular flexibility index (Phi) is 8.11. The summed E-state index contributed by atoms with van der Waals surface area (Å²) in [6.45, 7) is 3.67. The van der Waals surface area contributed by atoms with Gasteiger partial charge in [0.1, 0.15) is 11.5 Å². The van der Waals surface area contributed by atoms with Gasteiger partial charge in [0, 0.05) is 31.0 Å². The summed E-state index contributed by atoms with van der Waals surface area (Å²) >= 11 is 5.77. The van der Waals surface area contributed by atoms with E-state index in [1.165, 1.54) is 6.92 Å². The Balaban J connectivity index is 2.21. The molecule has 1 rings (SSSR count). The number of rotatable bonds is 9. The number of hydrogen-bond donors (Lipinski definition) is 2. The van der Waals surface area contributed by atoms with E-state index in [1.807, 2.05) is 0 Å². The number of ketones is 1. The zero-order chi connectivity index (χ0) is 17.2. The minimum absolute atomic E-state index is 0.0263. The summed E-state index contributed by atoms with van der Waals surface area (Å²) < 4.78 is 5.48. The van der Waals surface area contributed by atoms with Crippen molar-refractivity contribution in [2.24, 2.45) is 0 Å². The molecule has 6 nitrogen and oxygen atoms in total. The van der Waals surface area contributed by atoms with E-state index in [0.29, 0.717) is 23.9 Å². The topological polar surface area (TPSA) is 84.5 Å². The summed E-state index contributed by atoms with van der Waals surface area (Å²) in [5.74, 6) is 0.0362. The normalized spacial score (nSPS) is 11.4. The van der Waals surface area contributed by atoms with Crippen LogP contribution in [0.3, 0.4) is 0 Å². The van der Waals surface area contributed by atoms with Gasteiger partial charge in [-0.2, -0.15) is 0 Å². The van der Waals surface area contributed by atoms with Gasteiger partial charge in [-0.05, 0) is 38.1 Å². The summed E-state index contributed by atoms with van der Waals surface area (Å²) in [4.78, 5) is 34.0. The third kappa shape index (κ3) is 8.21. The van der Waals surface area contributed by atoms with E-state index in [1.54, 1.807) is 31.2 Å². The van der Waals surface area contributed by atoms with E-state index in [9.17, 15) is 14.4 Å². The molecule has 1 aromatic carbocycles. The largest absolute Gasteiger partial charge is 0.481 e. The average Bonchev–Trinajstić information content (AvgIpc) is 2.51. The molecule has 126 valence electrons. The van der Waals surface area contributed by atoms with Crippen molar-refractivity contribution < 1.29 is 19.1 Å². The smallest absolute Gasteiger partial charge is 0.260 e. The fourth-order valence-electron chi connectivity index (χ4n) is 1.68. The van der Waals surface area contributed by atoms with Crippen LogP contribution in [-0.4, -0.2) is 36.8 Å². The van der Waals surface area contributed by atoms with Gasteiger partial charge in [-0.1, -0.05) is 11.6 Å². The molecule has 2 N–H and O–H groups in total. The van der Waals surface area contributed by atoms with E-state index in [2.05, 4.69) is 10.6 Å². The minimum atomic E-state index is -0.662. The summed E-state index contributed by atoms with van der Waals surface area (Å²) in [6, 6.07) is 6.72. The number of benzene rings is 1. The lowest BCUT2D eigenvalue weighted by molar-refractivity contribution is -0.127. The van der Waals surface area contributed by atoms with Gasteiger partial charge in [0.05, 0.1) is 0 Å². The van der Waals surface area contributed by atoms with Crippen LogP contribution >= 0.6 is 11.6 Å². The lowest BCUT2D eigenvalue weighted by Crippen LogP contribution is -2.40. The van der Waals surface area contributed by atoms with Gasteiger partial charge in [0.2, 0.25) is 5.91 Å². The van der Waals surface area contributed by atoms with Crippen LogP contribution in [0.25, 0.3) is 0 Å². The summed E-state index contributed by atoms with van der Waals surface area (Å²) in [6.07, 6.45) is -0.270. The molecular formula is C16H21ClN2O4. The predicted octanol–water partition coefficient (Wildman–Crippen LogP) is 1.71. The number of carbonyl (C=O) groups excluding carboxylic acids is 3. The molecule has 0 aliphatic carbocycles. The Labute approximate surface area is 140 Å². The zero-order valence-corrected chi connectivity index (χ0v) is 14.0. The summed E-state index contributed by atoms with van der Waals surface area (Å²) in [5.41, 5.74) is 0. The maximum absolute atomic E-state index is 11.9. The van der Waals surface area contributed by atoms with Crippen LogP contribution in [-0.2, 0) is 14.4 Å². The molecule has 0 aliphatic rings. The first-order chi connectivity index (χ1) is 10.9. The molecule has 0 spiro atoms. The van der Waals surface area contributed by atoms with Gasteiger partial charge in [0.15, 0.2) is 6.10 Å². The second-order valence-corrected chi connectivity index (χ2v) is 5.49. The first kappa shape index (κ1) is 19.0. The van der Waals surface area contributed by atoms with Gasteiger partial charge in [0.25, 0.3) is 5.91 Å². The van der Waals surface area contributed by atoms with Crippen molar-refractivity contribution in [2.45, 2.75) is 32.8 Å². The quantitative estimate of drug-likeness (QED) is 0.670. The van der Waals surface area contributed by atoms with Crippen molar-refractivity contribution in [1.82, 2.24) is 10.6 Å². The molecule has 23 heavy (non-hydrogen) atoms. The molecule has 0 bridgehead atoms. The molecule has 0 heterocycles. The number of carbonyl (C=O) groups is 3. The van der Waals surface area contributed by atoms with Crippen LogP contribution in [0.1, 0.15) is 26.7 Å². The molecular weight excluding hydrogens is 320 g/mol. The van der Waals surface area contributed by atoms with Crippen LogP contribution in [0.4, 0.5) is 0 Å². The SMILES string of the molecule is CC(=O)CCC(=O)NCCNC(=O)C(C)Oc1ccc(Cl)cc1. The highest BCUT2D eigenvalue weighted by molar-refractivity contribution is 6.30. The monoisotopic (exact) mass is 340 g/mol. The number of hydrogen-bond acceptors (Lipinski definition) is 4. The number of ether oxygens (including phenoxy) is 1. The molecule has 0 saturated carbocycles. The number of halogens is 1. The van der Waals surface area contributed by atoms with E-state index < -0.39 is 6.10 Å². The van der Waals surface area contributed by atoms with Crippen molar-refractivity contribution in [2.75, 3.05) is 13.1 Å². The Morgan fingerprint density at radius 2 is 1.70 bits per heavy atom. The average molecular weight is 341 g/mol. The third-order valence-electron chi connectivity index (χ3n) is 2.95. The Bertz CT molecular complexity index is 546. The van der Waals surface area contributed by atoms with Gasteiger partial charge >= 0.3 is 0 Å². The van der Waals surface area contributed by atoms with Crippen molar-refractivity contribution >= 4 is 29.2 Å². The molecule has 1 atom stereocenters. The molecule has 1 aromatic rings.